The highest BCUT2D eigenvalue weighted by atomic mass is 32.2. The molecule has 1 heterocycles. The maximum absolute atomic E-state index is 12.4. The SMILES string of the molecule is CCS(=O)[C@@H]1O[C@H](COC(C)=O)[C@H](OC(C)=O)[C@H](OC(C)=O)[C@H]1OC(C)=O. The lowest BCUT2D eigenvalue weighted by molar-refractivity contribution is -0.238. The summed E-state index contributed by atoms with van der Waals surface area (Å²) in [6.45, 7) is 5.85. The molecule has 6 atom stereocenters. The van der Waals surface area contributed by atoms with Crippen LogP contribution >= 0.6 is 0 Å². The molecule has 1 saturated heterocycles. The molecule has 1 aliphatic heterocycles. The Morgan fingerprint density at radius 1 is 0.815 bits per heavy atom. The Morgan fingerprint density at radius 3 is 1.74 bits per heavy atom. The van der Waals surface area contributed by atoms with Gasteiger partial charge in [0, 0.05) is 33.4 Å². The topological polar surface area (TPSA) is 132 Å². The number of hydrogen-bond donors (Lipinski definition) is 0. The second-order valence-electron chi connectivity index (χ2n) is 5.74. The van der Waals surface area contributed by atoms with Crippen LogP contribution in [-0.4, -0.2) is 70.3 Å². The molecule has 0 N–H and O–H groups in total. The van der Waals surface area contributed by atoms with E-state index in [1.807, 2.05) is 0 Å². The first-order valence-corrected chi connectivity index (χ1v) is 9.62. The van der Waals surface area contributed by atoms with Crippen LogP contribution in [0.5, 0.6) is 0 Å². The van der Waals surface area contributed by atoms with Crippen LogP contribution in [0.25, 0.3) is 0 Å². The predicted octanol–water partition coefficient (Wildman–Crippen LogP) is -0.162. The summed E-state index contributed by atoms with van der Waals surface area (Å²) in [7, 11) is -1.63. The number of esters is 4. The lowest BCUT2D eigenvalue weighted by atomic mass is 9.99. The van der Waals surface area contributed by atoms with Crippen molar-refractivity contribution in [2.24, 2.45) is 0 Å². The second kappa shape index (κ2) is 10.4. The van der Waals surface area contributed by atoms with Gasteiger partial charge < -0.3 is 23.7 Å². The number of carbonyl (C=O) groups excluding carboxylic acids is 4. The van der Waals surface area contributed by atoms with Crippen molar-refractivity contribution < 1.29 is 47.1 Å². The molecule has 0 aromatic rings. The molecule has 11 heteroatoms. The number of hydrogen-bond acceptors (Lipinski definition) is 10. The van der Waals surface area contributed by atoms with Gasteiger partial charge in [0.25, 0.3) is 0 Å². The van der Waals surface area contributed by atoms with Crippen molar-refractivity contribution in [2.75, 3.05) is 12.4 Å². The lowest BCUT2D eigenvalue weighted by Crippen LogP contribution is -2.63. The van der Waals surface area contributed by atoms with Gasteiger partial charge in [-0.1, -0.05) is 6.92 Å². The zero-order valence-corrected chi connectivity index (χ0v) is 16.6. The fourth-order valence-corrected chi connectivity index (χ4v) is 3.67. The molecule has 1 rings (SSSR count). The third-order valence-electron chi connectivity index (χ3n) is 3.49. The van der Waals surface area contributed by atoms with E-state index in [-0.39, 0.29) is 12.4 Å². The standard InChI is InChI=1S/C16H24O10S/c1-6-27(21)16-15(25-11(5)20)14(24-10(4)19)13(23-9(3)18)12(26-16)7-22-8(2)17/h12-16H,6-7H2,1-5H3/t12-,13+,14+,15-,16+,27?/m1/s1. The summed E-state index contributed by atoms with van der Waals surface area (Å²) in [4.78, 5) is 45.8. The van der Waals surface area contributed by atoms with E-state index in [0.717, 1.165) is 20.8 Å². The summed E-state index contributed by atoms with van der Waals surface area (Å²) in [5.74, 6) is -2.62. The highest BCUT2D eigenvalue weighted by Crippen LogP contribution is 2.30. The van der Waals surface area contributed by atoms with E-state index in [1.165, 1.54) is 6.92 Å². The molecule has 0 bridgehead atoms. The number of ether oxygens (including phenoxy) is 5. The van der Waals surface area contributed by atoms with E-state index >= 15 is 0 Å². The van der Waals surface area contributed by atoms with Crippen LogP contribution in [0.3, 0.4) is 0 Å². The molecule has 154 valence electrons. The highest BCUT2D eigenvalue weighted by Gasteiger charge is 2.53. The van der Waals surface area contributed by atoms with E-state index in [4.69, 9.17) is 23.7 Å². The van der Waals surface area contributed by atoms with Crippen molar-refractivity contribution >= 4 is 34.7 Å². The van der Waals surface area contributed by atoms with Crippen LogP contribution in [0, 0.1) is 0 Å². The molecule has 27 heavy (non-hydrogen) atoms. The summed E-state index contributed by atoms with van der Waals surface area (Å²) in [5.41, 5.74) is -1.17. The summed E-state index contributed by atoms with van der Waals surface area (Å²) < 4.78 is 38.7. The Hall–Kier alpha value is -2.01. The molecule has 10 nitrogen and oxygen atoms in total. The normalized spacial score (nSPS) is 28.6. The lowest BCUT2D eigenvalue weighted by Gasteiger charge is -2.43. The van der Waals surface area contributed by atoms with Crippen molar-refractivity contribution in [3.05, 3.63) is 0 Å². The van der Waals surface area contributed by atoms with Gasteiger partial charge in [-0.25, -0.2) is 0 Å². The minimum Gasteiger partial charge on any atom is -0.463 e. The second-order valence-corrected chi connectivity index (χ2v) is 7.54. The first-order valence-electron chi connectivity index (χ1n) is 8.24. The molecule has 0 radical (unpaired) electrons. The van der Waals surface area contributed by atoms with Crippen LogP contribution in [-0.2, 0) is 53.7 Å². The van der Waals surface area contributed by atoms with Gasteiger partial charge in [-0.05, 0) is 0 Å². The van der Waals surface area contributed by atoms with Gasteiger partial charge in [0.15, 0.2) is 23.7 Å². The predicted molar refractivity (Wildman–Crippen MR) is 90.6 cm³/mol. The van der Waals surface area contributed by atoms with E-state index in [0.29, 0.717) is 0 Å². The zero-order valence-electron chi connectivity index (χ0n) is 15.8. The number of rotatable bonds is 7. The molecule has 0 spiro atoms. The summed E-state index contributed by atoms with van der Waals surface area (Å²) in [6.07, 6.45) is -4.87. The minimum atomic E-state index is -1.63. The third kappa shape index (κ3) is 6.90. The van der Waals surface area contributed by atoms with Crippen LogP contribution in [0.1, 0.15) is 34.6 Å². The van der Waals surface area contributed by atoms with E-state index < -0.39 is 64.5 Å². The molecule has 1 aliphatic rings. The van der Waals surface area contributed by atoms with E-state index in [2.05, 4.69) is 0 Å². The fourth-order valence-electron chi connectivity index (χ4n) is 2.56. The Kier molecular flexibility index (Phi) is 8.83. The average Bonchev–Trinajstić information content (AvgIpc) is 2.54. The largest absolute Gasteiger partial charge is 0.463 e. The average molecular weight is 408 g/mol. The van der Waals surface area contributed by atoms with Gasteiger partial charge in [0.2, 0.25) is 0 Å². The van der Waals surface area contributed by atoms with E-state index in [9.17, 15) is 23.4 Å². The Bertz CT molecular complexity index is 604. The molecule has 0 aliphatic carbocycles. The third-order valence-corrected chi connectivity index (χ3v) is 4.96. The molecule has 0 amide bonds. The van der Waals surface area contributed by atoms with Crippen molar-refractivity contribution in [1.29, 1.82) is 0 Å². The van der Waals surface area contributed by atoms with Crippen LogP contribution in [0.15, 0.2) is 0 Å². The van der Waals surface area contributed by atoms with Crippen molar-refractivity contribution in [1.82, 2.24) is 0 Å². The maximum Gasteiger partial charge on any atom is 0.303 e. The molecule has 0 aromatic carbocycles. The quantitative estimate of drug-likeness (QED) is 0.413. The number of carbonyl (C=O) groups is 4. The van der Waals surface area contributed by atoms with Crippen molar-refractivity contribution in [2.45, 2.75) is 64.5 Å². The monoisotopic (exact) mass is 408 g/mol. The van der Waals surface area contributed by atoms with Gasteiger partial charge in [-0.15, -0.1) is 0 Å². The Balaban J connectivity index is 3.33. The fraction of sp³-hybridized carbons (Fsp3) is 0.750. The first kappa shape index (κ1) is 23.0. The van der Waals surface area contributed by atoms with Gasteiger partial charge in [-0.3, -0.25) is 23.4 Å². The Morgan fingerprint density at radius 2 is 1.30 bits per heavy atom. The first-order chi connectivity index (χ1) is 12.6. The van der Waals surface area contributed by atoms with Gasteiger partial charge in [-0.2, -0.15) is 0 Å². The zero-order chi connectivity index (χ0) is 20.7. The molecule has 1 unspecified atom stereocenters. The molecule has 1 fully saturated rings. The van der Waals surface area contributed by atoms with Gasteiger partial charge >= 0.3 is 23.9 Å². The molecular formula is C16H24O10S. The van der Waals surface area contributed by atoms with Crippen LogP contribution < -0.4 is 0 Å². The Labute approximate surface area is 159 Å². The van der Waals surface area contributed by atoms with Gasteiger partial charge in [0.1, 0.15) is 12.7 Å². The highest BCUT2D eigenvalue weighted by molar-refractivity contribution is 7.85. The van der Waals surface area contributed by atoms with Crippen LogP contribution in [0.2, 0.25) is 0 Å². The van der Waals surface area contributed by atoms with Crippen molar-refractivity contribution in [3.8, 4) is 0 Å². The maximum atomic E-state index is 12.4. The van der Waals surface area contributed by atoms with Crippen LogP contribution in [0.4, 0.5) is 0 Å². The molecule has 0 aromatic heterocycles. The minimum absolute atomic E-state index is 0.160. The molecular weight excluding hydrogens is 384 g/mol. The van der Waals surface area contributed by atoms with Gasteiger partial charge in [0.05, 0.1) is 10.8 Å². The molecule has 0 saturated carbocycles. The van der Waals surface area contributed by atoms with E-state index in [1.54, 1.807) is 6.92 Å². The summed E-state index contributed by atoms with van der Waals surface area (Å²) in [5, 5.41) is 0. The summed E-state index contributed by atoms with van der Waals surface area (Å²) in [6, 6.07) is 0. The summed E-state index contributed by atoms with van der Waals surface area (Å²) >= 11 is 0. The smallest absolute Gasteiger partial charge is 0.303 e. The van der Waals surface area contributed by atoms with Crippen molar-refractivity contribution in [3.63, 3.8) is 0 Å².